The van der Waals surface area contributed by atoms with Gasteiger partial charge < -0.3 is 20.5 Å². The Hall–Kier alpha value is -3.18. The molecule has 3 heterocycles. The van der Waals surface area contributed by atoms with Crippen molar-refractivity contribution in [1.29, 1.82) is 0 Å². The fourth-order valence-corrected chi connectivity index (χ4v) is 3.64. The fourth-order valence-electron chi connectivity index (χ4n) is 2.81. The van der Waals surface area contributed by atoms with Gasteiger partial charge in [0.1, 0.15) is 11.6 Å². The second kappa shape index (κ2) is 10.4. The Bertz CT molecular complexity index is 1030. The molecule has 0 aromatic carbocycles. The molecule has 0 aliphatic carbocycles. The van der Waals surface area contributed by atoms with Gasteiger partial charge in [-0.15, -0.1) is 11.3 Å². The van der Waals surface area contributed by atoms with Gasteiger partial charge >= 0.3 is 6.09 Å². The number of pyridine rings is 1. The number of carbonyl (C=O) groups is 1. The molecule has 3 aromatic rings. The first-order valence-electron chi connectivity index (χ1n) is 10.3. The summed E-state index contributed by atoms with van der Waals surface area (Å²) in [6.45, 7) is 8.27. The summed E-state index contributed by atoms with van der Waals surface area (Å²) < 4.78 is 4.87. The number of aliphatic hydroxyl groups is 1. The second-order valence-corrected chi connectivity index (χ2v) is 9.25. The van der Waals surface area contributed by atoms with E-state index >= 15 is 0 Å². The Morgan fingerprint density at radius 1 is 1.25 bits per heavy atom. The summed E-state index contributed by atoms with van der Waals surface area (Å²) in [7, 11) is 0. The van der Waals surface area contributed by atoms with Gasteiger partial charge in [0, 0.05) is 28.8 Å². The SMILES string of the molecule is CCOC(=O)Nc1cc(CCc2cnc(NC(O)Nc3cc(C(C)(C)C)n[nH]3)s2)ccn1. The van der Waals surface area contributed by atoms with Gasteiger partial charge in [0.05, 0.1) is 12.3 Å². The summed E-state index contributed by atoms with van der Waals surface area (Å²) >= 11 is 1.47. The lowest BCUT2D eigenvalue weighted by atomic mass is 9.92. The van der Waals surface area contributed by atoms with E-state index in [2.05, 4.69) is 56.9 Å². The smallest absolute Gasteiger partial charge is 0.412 e. The van der Waals surface area contributed by atoms with Gasteiger partial charge in [-0.05, 0) is 37.5 Å². The molecule has 5 N–H and O–H groups in total. The molecule has 0 spiro atoms. The molecule has 0 bridgehead atoms. The van der Waals surface area contributed by atoms with E-state index in [1.54, 1.807) is 19.3 Å². The molecule has 0 saturated heterocycles. The average molecular weight is 460 g/mol. The van der Waals surface area contributed by atoms with Crippen LogP contribution in [0.25, 0.3) is 0 Å². The average Bonchev–Trinajstić information content (AvgIpc) is 3.36. The van der Waals surface area contributed by atoms with E-state index in [1.807, 2.05) is 18.2 Å². The number of anilines is 3. The summed E-state index contributed by atoms with van der Waals surface area (Å²) in [6.07, 6.45) is 3.42. The maximum Gasteiger partial charge on any atom is 0.412 e. The quantitative estimate of drug-likeness (QED) is 0.305. The molecular weight excluding hydrogens is 430 g/mol. The minimum atomic E-state index is -1.01. The van der Waals surface area contributed by atoms with Crippen LogP contribution in [0.15, 0.2) is 30.6 Å². The third-order valence-electron chi connectivity index (χ3n) is 4.44. The lowest BCUT2D eigenvalue weighted by Gasteiger charge is -2.14. The summed E-state index contributed by atoms with van der Waals surface area (Å²) in [6, 6.07) is 5.60. The number of aliphatic hydroxyl groups excluding tert-OH is 1. The Morgan fingerprint density at radius 2 is 2.06 bits per heavy atom. The number of nitrogens with one attached hydrogen (secondary N) is 4. The molecule has 1 unspecified atom stereocenters. The van der Waals surface area contributed by atoms with Crippen molar-refractivity contribution >= 4 is 34.2 Å². The van der Waals surface area contributed by atoms with Crippen LogP contribution in [0.5, 0.6) is 0 Å². The van der Waals surface area contributed by atoms with Crippen LogP contribution in [0.3, 0.4) is 0 Å². The first kappa shape index (κ1) is 23.5. The summed E-state index contributed by atoms with van der Waals surface area (Å²) in [5, 5.41) is 26.5. The Labute approximate surface area is 190 Å². The van der Waals surface area contributed by atoms with Crippen molar-refractivity contribution in [3.05, 3.63) is 46.7 Å². The fraction of sp³-hybridized carbons (Fsp3) is 0.429. The number of thiazole rings is 1. The molecular formula is C21H29N7O3S. The third kappa shape index (κ3) is 6.92. The molecule has 1 amide bonds. The van der Waals surface area contributed by atoms with Gasteiger partial charge in [0.2, 0.25) is 6.35 Å². The molecule has 32 heavy (non-hydrogen) atoms. The van der Waals surface area contributed by atoms with Crippen LogP contribution < -0.4 is 16.0 Å². The highest BCUT2D eigenvalue weighted by atomic mass is 32.1. The van der Waals surface area contributed by atoms with Crippen LogP contribution in [-0.2, 0) is 23.0 Å². The predicted molar refractivity (Wildman–Crippen MR) is 125 cm³/mol. The maximum absolute atomic E-state index is 11.5. The summed E-state index contributed by atoms with van der Waals surface area (Å²) in [5.41, 5.74) is 1.86. The number of rotatable bonds is 9. The van der Waals surface area contributed by atoms with E-state index in [0.29, 0.717) is 23.4 Å². The van der Waals surface area contributed by atoms with Crippen molar-refractivity contribution in [3.63, 3.8) is 0 Å². The van der Waals surface area contributed by atoms with Crippen LogP contribution >= 0.6 is 11.3 Å². The highest BCUT2D eigenvalue weighted by molar-refractivity contribution is 7.15. The Morgan fingerprint density at radius 3 is 2.78 bits per heavy atom. The van der Waals surface area contributed by atoms with Gasteiger partial charge in [0.15, 0.2) is 5.13 Å². The number of ether oxygens (including phenoxy) is 1. The highest BCUT2D eigenvalue weighted by Crippen LogP contribution is 2.23. The van der Waals surface area contributed by atoms with E-state index in [-0.39, 0.29) is 5.41 Å². The van der Waals surface area contributed by atoms with E-state index in [1.165, 1.54) is 11.3 Å². The lowest BCUT2D eigenvalue weighted by molar-refractivity contribution is 0.168. The number of hydrogen-bond acceptors (Lipinski definition) is 9. The third-order valence-corrected chi connectivity index (χ3v) is 5.43. The van der Waals surface area contributed by atoms with Gasteiger partial charge in [0.25, 0.3) is 0 Å². The highest BCUT2D eigenvalue weighted by Gasteiger charge is 2.18. The molecule has 1 atom stereocenters. The number of aromatic nitrogens is 4. The molecule has 0 fully saturated rings. The van der Waals surface area contributed by atoms with Crippen molar-refractivity contribution in [1.82, 2.24) is 20.2 Å². The normalized spacial score (nSPS) is 12.3. The Kier molecular flexibility index (Phi) is 7.65. The van der Waals surface area contributed by atoms with Crippen molar-refractivity contribution in [3.8, 4) is 0 Å². The molecule has 3 aromatic heterocycles. The largest absolute Gasteiger partial charge is 0.450 e. The second-order valence-electron chi connectivity index (χ2n) is 8.13. The van der Waals surface area contributed by atoms with E-state index in [9.17, 15) is 9.90 Å². The minimum Gasteiger partial charge on any atom is -0.450 e. The molecule has 10 nitrogen and oxygen atoms in total. The number of carbonyl (C=O) groups excluding carboxylic acids is 1. The van der Waals surface area contributed by atoms with Crippen molar-refractivity contribution in [2.75, 3.05) is 22.6 Å². The molecule has 11 heteroatoms. The zero-order valence-corrected chi connectivity index (χ0v) is 19.4. The van der Waals surface area contributed by atoms with Crippen molar-refractivity contribution in [2.24, 2.45) is 0 Å². The van der Waals surface area contributed by atoms with Gasteiger partial charge in [-0.1, -0.05) is 20.8 Å². The van der Waals surface area contributed by atoms with Crippen LogP contribution in [-0.4, -0.2) is 44.3 Å². The van der Waals surface area contributed by atoms with Crippen LogP contribution in [0.4, 0.5) is 21.6 Å². The Balaban J connectivity index is 1.49. The van der Waals surface area contributed by atoms with Gasteiger partial charge in [-0.2, -0.15) is 5.10 Å². The van der Waals surface area contributed by atoms with Crippen LogP contribution in [0.2, 0.25) is 0 Å². The van der Waals surface area contributed by atoms with Crippen molar-refractivity contribution < 1.29 is 14.6 Å². The topological polar surface area (TPSA) is 137 Å². The number of amides is 1. The zero-order valence-electron chi connectivity index (χ0n) is 18.6. The van der Waals surface area contributed by atoms with E-state index in [0.717, 1.165) is 29.0 Å². The first-order valence-corrected chi connectivity index (χ1v) is 11.1. The van der Waals surface area contributed by atoms with Gasteiger partial charge in [-0.25, -0.2) is 14.8 Å². The number of aromatic amines is 1. The van der Waals surface area contributed by atoms with Crippen LogP contribution in [0.1, 0.15) is 43.8 Å². The van der Waals surface area contributed by atoms with Crippen molar-refractivity contribution in [2.45, 2.75) is 52.3 Å². The lowest BCUT2D eigenvalue weighted by Crippen LogP contribution is -2.28. The number of nitrogens with zero attached hydrogens (tertiary/aromatic N) is 3. The van der Waals surface area contributed by atoms with Gasteiger partial charge in [-0.3, -0.25) is 10.4 Å². The molecule has 3 rings (SSSR count). The maximum atomic E-state index is 11.5. The molecule has 0 aliphatic rings. The summed E-state index contributed by atoms with van der Waals surface area (Å²) in [4.78, 5) is 21.1. The van der Waals surface area contributed by atoms with Crippen LogP contribution in [0, 0.1) is 0 Å². The monoisotopic (exact) mass is 459 g/mol. The number of hydrogen-bond donors (Lipinski definition) is 5. The molecule has 0 aliphatic heterocycles. The zero-order chi connectivity index (χ0) is 23.1. The number of aryl methyl sites for hydroxylation is 2. The molecule has 172 valence electrons. The van der Waals surface area contributed by atoms with E-state index < -0.39 is 12.4 Å². The minimum absolute atomic E-state index is 0.0799. The van der Waals surface area contributed by atoms with E-state index in [4.69, 9.17) is 4.74 Å². The first-order chi connectivity index (χ1) is 15.2. The predicted octanol–water partition coefficient (Wildman–Crippen LogP) is 3.71. The number of H-pyrrole nitrogens is 1. The molecule has 0 saturated carbocycles. The summed E-state index contributed by atoms with van der Waals surface area (Å²) in [5.74, 6) is 1.08. The molecule has 0 radical (unpaired) electrons. The standard InChI is InChI=1S/C21H29N7O3S/c1-5-31-20(30)25-16-10-13(8-9-22-16)6-7-14-12-23-19(32-14)26-18(29)24-17-11-15(27-28-17)21(2,3)4/h8-12,18,29H,5-7H2,1-4H3,(H,23,26)(H,22,25,30)(H2,24,27,28).